The van der Waals surface area contributed by atoms with Gasteiger partial charge in [0.25, 0.3) is 0 Å². The van der Waals surface area contributed by atoms with E-state index in [-0.39, 0.29) is 24.8 Å². The van der Waals surface area contributed by atoms with Crippen LogP contribution in [0.1, 0.15) is 49.8 Å². The minimum Gasteiger partial charge on any atom is -0.481 e. The first-order valence-electron chi connectivity index (χ1n) is 10.5. The van der Waals surface area contributed by atoms with Gasteiger partial charge in [-0.25, -0.2) is 0 Å². The van der Waals surface area contributed by atoms with Gasteiger partial charge in [-0.15, -0.1) is 0 Å². The Labute approximate surface area is 170 Å². The van der Waals surface area contributed by atoms with Crippen LogP contribution in [0.15, 0.2) is 34.9 Å². The molecule has 1 aromatic heterocycles. The van der Waals surface area contributed by atoms with Crippen molar-refractivity contribution in [3.8, 4) is 11.3 Å². The van der Waals surface area contributed by atoms with Crippen LogP contribution in [0.5, 0.6) is 0 Å². The van der Waals surface area contributed by atoms with Crippen LogP contribution < -0.4 is 0 Å². The average Bonchev–Trinajstić information content (AvgIpc) is 3.40. The summed E-state index contributed by atoms with van der Waals surface area (Å²) in [6, 6.07) is 9.80. The van der Waals surface area contributed by atoms with Crippen molar-refractivity contribution in [2.45, 2.75) is 51.9 Å². The molecule has 0 unspecified atom stereocenters. The number of aryl methyl sites for hydroxylation is 1. The first-order chi connectivity index (χ1) is 14.0. The minimum absolute atomic E-state index is 0.0676. The molecular formula is C23H28N2O4. The van der Waals surface area contributed by atoms with Gasteiger partial charge in [0.2, 0.25) is 5.91 Å². The number of hydrogen-bond donors (Lipinski definition) is 1. The minimum atomic E-state index is -1.02. The van der Waals surface area contributed by atoms with Crippen molar-refractivity contribution in [3.63, 3.8) is 0 Å². The predicted octanol–water partition coefficient (Wildman–Crippen LogP) is 4.08. The highest BCUT2D eigenvalue weighted by Gasteiger charge is 2.45. The average molecular weight is 396 g/mol. The first-order valence-corrected chi connectivity index (χ1v) is 10.5. The number of carboxylic acid groups (broad SMARTS) is 1. The highest BCUT2D eigenvalue weighted by molar-refractivity contribution is 5.81. The molecule has 1 aromatic carbocycles. The molecule has 0 spiro atoms. The van der Waals surface area contributed by atoms with Crippen molar-refractivity contribution >= 4 is 11.9 Å². The van der Waals surface area contributed by atoms with Crippen LogP contribution in [0.4, 0.5) is 0 Å². The van der Waals surface area contributed by atoms with Crippen LogP contribution in [0.25, 0.3) is 11.3 Å². The molecule has 4 rings (SSSR count). The van der Waals surface area contributed by atoms with Gasteiger partial charge >= 0.3 is 5.97 Å². The Morgan fingerprint density at radius 1 is 1.21 bits per heavy atom. The maximum atomic E-state index is 12.9. The summed E-state index contributed by atoms with van der Waals surface area (Å²) < 4.78 is 5.51. The van der Waals surface area contributed by atoms with Crippen LogP contribution in [0.3, 0.4) is 0 Å². The third-order valence-electron chi connectivity index (χ3n) is 6.47. The molecule has 1 aliphatic heterocycles. The van der Waals surface area contributed by atoms with E-state index in [1.54, 1.807) is 4.90 Å². The van der Waals surface area contributed by atoms with Gasteiger partial charge in [-0.3, -0.25) is 9.59 Å². The molecular weight excluding hydrogens is 368 g/mol. The van der Waals surface area contributed by atoms with Crippen LogP contribution in [-0.4, -0.2) is 40.1 Å². The topological polar surface area (TPSA) is 83.6 Å². The number of aliphatic carboxylic acids is 1. The third-order valence-corrected chi connectivity index (χ3v) is 6.47. The fourth-order valence-corrected chi connectivity index (χ4v) is 4.74. The monoisotopic (exact) mass is 396 g/mol. The van der Waals surface area contributed by atoms with Crippen LogP contribution in [0.2, 0.25) is 0 Å². The molecule has 2 heterocycles. The van der Waals surface area contributed by atoms with Crippen LogP contribution in [0, 0.1) is 18.3 Å². The van der Waals surface area contributed by atoms with Gasteiger partial charge in [0.1, 0.15) is 11.5 Å². The number of carboxylic acids is 1. The summed E-state index contributed by atoms with van der Waals surface area (Å²) >= 11 is 0. The number of rotatable bonds is 5. The number of likely N-dealkylation sites (tertiary alicyclic amines) is 1. The highest BCUT2D eigenvalue weighted by atomic mass is 16.5. The van der Waals surface area contributed by atoms with Gasteiger partial charge < -0.3 is 14.5 Å². The fraction of sp³-hybridized carbons (Fsp3) is 0.522. The summed E-state index contributed by atoms with van der Waals surface area (Å²) in [4.78, 5) is 26.9. The third kappa shape index (κ3) is 4.07. The Morgan fingerprint density at radius 2 is 1.93 bits per heavy atom. The molecule has 1 saturated carbocycles. The van der Waals surface area contributed by atoms with Crippen molar-refractivity contribution in [1.29, 1.82) is 0 Å². The second-order valence-electron chi connectivity index (χ2n) is 8.65. The lowest BCUT2D eigenvalue weighted by atomic mass is 9.76. The van der Waals surface area contributed by atoms with Gasteiger partial charge in [-0.05, 0) is 32.6 Å². The molecule has 1 N–H and O–H groups in total. The molecule has 29 heavy (non-hydrogen) atoms. The normalized spacial score (nSPS) is 22.7. The number of nitrogens with zero attached hydrogens (tertiary/aromatic N) is 2. The lowest BCUT2D eigenvalue weighted by molar-refractivity contribution is -0.156. The van der Waals surface area contributed by atoms with E-state index < -0.39 is 11.4 Å². The molecule has 1 amide bonds. The molecule has 1 atom stereocenters. The van der Waals surface area contributed by atoms with Crippen LogP contribution in [-0.2, 0) is 16.0 Å². The Balaban J connectivity index is 1.52. The van der Waals surface area contributed by atoms with Crippen molar-refractivity contribution in [2.75, 3.05) is 13.1 Å². The first kappa shape index (κ1) is 19.7. The predicted molar refractivity (Wildman–Crippen MR) is 108 cm³/mol. The molecule has 2 fully saturated rings. The highest BCUT2D eigenvalue weighted by Crippen LogP contribution is 2.37. The van der Waals surface area contributed by atoms with Crippen molar-refractivity contribution in [2.24, 2.45) is 11.3 Å². The maximum absolute atomic E-state index is 12.9. The van der Waals surface area contributed by atoms with E-state index in [0.717, 1.165) is 36.8 Å². The number of carbonyl (C=O) groups excluding carboxylic acids is 1. The van der Waals surface area contributed by atoms with Gasteiger partial charge in [-0.2, -0.15) is 0 Å². The standard InChI is InChI=1S/C23H28N2O4/c1-16-7-9-17(10-8-16)20-13-19(29-24-20)14-23(22(27)28)11-4-12-25(15-23)21(26)18-5-2-3-6-18/h7-10,13,18H,2-6,11-12,14-15H2,1H3,(H,27,28)/t23-/m0/s1. The largest absolute Gasteiger partial charge is 0.481 e. The van der Waals surface area contributed by atoms with Crippen molar-refractivity contribution in [1.82, 2.24) is 10.1 Å². The summed E-state index contributed by atoms with van der Waals surface area (Å²) in [5.74, 6) is -0.114. The van der Waals surface area contributed by atoms with Gasteiger partial charge in [0.15, 0.2) is 0 Å². The summed E-state index contributed by atoms with van der Waals surface area (Å²) in [7, 11) is 0. The molecule has 0 radical (unpaired) electrons. The molecule has 6 heteroatoms. The molecule has 154 valence electrons. The van der Waals surface area contributed by atoms with Crippen LogP contribution >= 0.6 is 0 Å². The summed E-state index contributed by atoms with van der Waals surface area (Å²) in [6.07, 6.45) is 5.52. The molecule has 2 aromatic rings. The van der Waals surface area contributed by atoms with Crippen molar-refractivity contribution < 1.29 is 19.2 Å². The number of carbonyl (C=O) groups is 2. The van der Waals surface area contributed by atoms with Gasteiger partial charge in [-0.1, -0.05) is 47.8 Å². The smallest absolute Gasteiger partial charge is 0.311 e. The number of amides is 1. The molecule has 6 nitrogen and oxygen atoms in total. The van der Waals surface area contributed by atoms with E-state index in [1.807, 2.05) is 37.3 Å². The zero-order chi connectivity index (χ0) is 20.4. The second-order valence-corrected chi connectivity index (χ2v) is 8.65. The zero-order valence-corrected chi connectivity index (χ0v) is 16.9. The van der Waals surface area contributed by atoms with E-state index in [4.69, 9.17) is 4.52 Å². The number of benzene rings is 1. The SMILES string of the molecule is Cc1ccc(-c2cc(C[C@@]3(C(=O)O)CCCN(C(=O)C4CCCC4)C3)on2)cc1. The number of piperidine rings is 1. The summed E-state index contributed by atoms with van der Waals surface area (Å²) in [5.41, 5.74) is 1.79. The number of aromatic nitrogens is 1. The lowest BCUT2D eigenvalue weighted by Gasteiger charge is -2.40. The second kappa shape index (κ2) is 8.01. The van der Waals surface area contributed by atoms with E-state index in [9.17, 15) is 14.7 Å². The summed E-state index contributed by atoms with van der Waals surface area (Å²) in [5, 5.41) is 14.2. The van der Waals surface area contributed by atoms with Crippen molar-refractivity contribution in [3.05, 3.63) is 41.7 Å². The van der Waals surface area contributed by atoms with Gasteiger partial charge in [0, 0.05) is 37.1 Å². The molecule has 1 saturated heterocycles. The van der Waals surface area contributed by atoms with E-state index in [1.165, 1.54) is 0 Å². The molecule has 0 bridgehead atoms. The summed E-state index contributed by atoms with van der Waals surface area (Å²) in [6.45, 7) is 2.92. The Morgan fingerprint density at radius 3 is 2.62 bits per heavy atom. The quantitative estimate of drug-likeness (QED) is 0.823. The Kier molecular flexibility index (Phi) is 5.43. The maximum Gasteiger partial charge on any atom is 0.311 e. The number of hydrogen-bond acceptors (Lipinski definition) is 4. The van der Waals surface area contributed by atoms with Gasteiger partial charge in [0.05, 0.1) is 5.41 Å². The Bertz CT molecular complexity index is 883. The fourth-order valence-electron chi connectivity index (χ4n) is 4.74. The lowest BCUT2D eigenvalue weighted by Crippen LogP contribution is -2.52. The van der Waals surface area contributed by atoms with E-state index in [0.29, 0.717) is 30.8 Å². The zero-order valence-electron chi connectivity index (χ0n) is 16.9. The molecule has 1 aliphatic carbocycles. The Hall–Kier alpha value is -2.63. The molecule has 2 aliphatic rings. The van der Waals surface area contributed by atoms with E-state index >= 15 is 0 Å². The van der Waals surface area contributed by atoms with E-state index in [2.05, 4.69) is 5.16 Å².